The van der Waals surface area contributed by atoms with Crippen LogP contribution in [0.1, 0.15) is 31.9 Å². The average molecular weight is 289 g/mol. The van der Waals surface area contributed by atoms with Crippen molar-refractivity contribution >= 4 is 17.4 Å². The van der Waals surface area contributed by atoms with E-state index in [2.05, 4.69) is 49.2 Å². The van der Waals surface area contributed by atoms with Gasteiger partial charge < -0.3 is 10.2 Å². The zero-order valence-corrected chi connectivity index (χ0v) is 13.3. The van der Waals surface area contributed by atoms with Gasteiger partial charge in [0.1, 0.15) is 6.07 Å². The third-order valence-electron chi connectivity index (χ3n) is 3.48. The summed E-state index contributed by atoms with van der Waals surface area (Å²) < 4.78 is 0. The van der Waals surface area contributed by atoms with Gasteiger partial charge in [0.05, 0.1) is 11.3 Å². The maximum absolute atomic E-state index is 9.41. The summed E-state index contributed by atoms with van der Waals surface area (Å²) in [6, 6.07) is 9.09. The van der Waals surface area contributed by atoms with Gasteiger partial charge in [-0.25, -0.2) is 0 Å². The molecular formula is C16H23N3S. The minimum Gasteiger partial charge on any atom is -0.369 e. The fourth-order valence-corrected chi connectivity index (χ4v) is 3.43. The Labute approximate surface area is 126 Å². The molecule has 1 atom stereocenters. The molecule has 1 aliphatic heterocycles. The van der Waals surface area contributed by atoms with Gasteiger partial charge in [-0.05, 0) is 17.7 Å². The molecule has 20 heavy (non-hydrogen) atoms. The predicted octanol–water partition coefficient (Wildman–Crippen LogP) is 3.00. The van der Waals surface area contributed by atoms with Gasteiger partial charge in [-0.3, -0.25) is 0 Å². The van der Waals surface area contributed by atoms with E-state index in [1.54, 1.807) is 0 Å². The summed E-state index contributed by atoms with van der Waals surface area (Å²) in [6.07, 6.45) is 0. The van der Waals surface area contributed by atoms with Crippen molar-refractivity contribution < 1.29 is 0 Å². The lowest BCUT2D eigenvalue weighted by Crippen LogP contribution is -2.37. The van der Waals surface area contributed by atoms with Gasteiger partial charge in [-0.15, -0.1) is 0 Å². The normalized spacial score (nSPS) is 19.1. The molecule has 1 unspecified atom stereocenters. The second-order valence-corrected chi connectivity index (χ2v) is 7.17. The first-order valence-corrected chi connectivity index (χ1v) is 8.28. The van der Waals surface area contributed by atoms with Gasteiger partial charge in [0.25, 0.3) is 0 Å². The van der Waals surface area contributed by atoms with Gasteiger partial charge in [-0.1, -0.05) is 26.8 Å². The summed E-state index contributed by atoms with van der Waals surface area (Å²) in [4.78, 5) is 2.35. The van der Waals surface area contributed by atoms with Crippen LogP contribution in [0.3, 0.4) is 0 Å². The Morgan fingerprint density at radius 2 is 2.30 bits per heavy atom. The molecule has 0 aliphatic carbocycles. The zero-order chi connectivity index (χ0) is 14.5. The van der Waals surface area contributed by atoms with Gasteiger partial charge in [-0.2, -0.15) is 17.0 Å². The highest BCUT2D eigenvalue weighted by Crippen LogP contribution is 2.27. The molecule has 2 rings (SSSR count). The van der Waals surface area contributed by atoms with Crippen LogP contribution in [0, 0.1) is 11.3 Å². The van der Waals surface area contributed by atoms with Crippen molar-refractivity contribution in [2.75, 3.05) is 23.7 Å². The SMILES string of the molecule is CC(C)NCc1ccc(N2CCSC(C)C2)c(C#N)c1. The van der Waals surface area contributed by atoms with Crippen LogP contribution >= 0.6 is 11.8 Å². The number of benzene rings is 1. The molecule has 1 fully saturated rings. The highest BCUT2D eigenvalue weighted by atomic mass is 32.2. The molecule has 1 aromatic carbocycles. The van der Waals surface area contributed by atoms with E-state index in [0.29, 0.717) is 11.3 Å². The highest BCUT2D eigenvalue weighted by molar-refractivity contribution is 8.00. The van der Waals surface area contributed by atoms with Crippen molar-refractivity contribution in [1.82, 2.24) is 5.32 Å². The predicted molar refractivity (Wildman–Crippen MR) is 87.3 cm³/mol. The molecule has 0 saturated carbocycles. The summed E-state index contributed by atoms with van der Waals surface area (Å²) >= 11 is 2.01. The average Bonchev–Trinajstić information content (AvgIpc) is 2.44. The molecular weight excluding hydrogens is 266 g/mol. The van der Waals surface area contributed by atoms with Crippen LogP contribution in [-0.2, 0) is 6.54 Å². The fraction of sp³-hybridized carbons (Fsp3) is 0.562. The van der Waals surface area contributed by atoms with Gasteiger partial charge >= 0.3 is 0 Å². The van der Waals surface area contributed by atoms with Crippen molar-refractivity contribution in [3.05, 3.63) is 29.3 Å². The first kappa shape index (κ1) is 15.2. The molecule has 0 aromatic heterocycles. The summed E-state index contributed by atoms with van der Waals surface area (Å²) in [5.74, 6) is 1.14. The summed E-state index contributed by atoms with van der Waals surface area (Å²) in [6.45, 7) is 9.40. The maximum Gasteiger partial charge on any atom is 0.101 e. The second kappa shape index (κ2) is 7.01. The summed E-state index contributed by atoms with van der Waals surface area (Å²) in [7, 11) is 0. The Morgan fingerprint density at radius 1 is 1.50 bits per heavy atom. The van der Waals surface area contributed by atoms with Gasteiger partial charge in [0, 0.05) is 36.7 Å². The van der Waals surface area contributed by atoms with Crippen LogP contribution < -0.4 is 10.2 Å². The molecule has 1 aromatic rings. The first-order chi connectivity index (χ1) is 9.60. The number of hydrogen-bond acceptors (Lipinski definition) is 4. The van der Waals surface area contributed by atoms with Crippen LogP contribution in [0.2, 0.25) is 0 Å². The monoisotopic (exact) mass is 289 g/mol. The standard InChI is InChI=1S/C16H23N3S/c1-12(2)18-10-14-4-5-16(15(8-14)9-17)19-6-7-20-13(3)11-19/h4-5,8,12-13,18H,6-7,10-11H2,1-3H3. The lowest BCUT2D eigenvalue weighted by Gasteiger charge is -2.33. The van der Waals surface area contributed by atoms with Crippen LogP contribution in [0.25, 0.3) is 0 Å². The smallest absolute Gasteiger partial charge is 0.101 e. The van der Waals surface area contributed by atoms with E-state index in [0.717, 1.165) is 36.6 Å². The van der Waals surface area contributed by atoms with Crippen molar-refractivity contribution in [2.24, 2.45) is 0 Å². The molecule has 0 bridgehead atoms. The number of anilines is 1. The highest BCUT2D eigenvalue weighted by Gasteiger charge is 2.19. The Kier molecular flexibility index (Phi) is 5.33. The van der Waals surface area contributed by atoms with Gasteiger partial charge in [0.2, 0.25) is 0 Å². The number of thioether (sulfide) groups is 1. The quantitative estimate of drug-likeness (QED) is 0.925. The van der Waals surface area contributed by atoms with Crippen molar-refractivity contribution in [2.45, 2.75) is 38.6 Å². The molecule has 1 saturated heterocycles. The maximum atomic E-state index is 9.41. The molecule has 1 heterocycles. The number of nitrogens with zero attached hydrogens (tertiary/aromatic N) is 2. The molecule has 0 spiro atoms. The Balaban J connectivity index is 2.15. The van der Waals surface area contributed by atoms with Gasteiger partial charge in [0.15, 0.2) is 0 Å². The first-order valence-electron chi connectivity index (χ1n) is 7.23. The second-order valence-electron chi connectivity index (χ2n) is 5.63. The van der Waals surface area contributed by atoms with E-state index in [1.165, 1.54) is 5.56 Å². The lowest BCUT2D eigenvalue weighted by atomic mass is 10.1. The van der Waals surface area contributed by atoms with Crippen molar-refractivity contribution in [3.63, 3.8) is 0 Å². The van der Waals surface area contributed by atoms with Crippen molar-refractivity contribution in [3.8, 4) is 6.07 Å². The number of nitrogens with one attached hydrogen (secondary N) is 1. The molecule has 0 radical (unpaired) electrons. The molecule has 1 aliphatic rings. The van der Waals surface area contributed by atoms with E-state index < -0.39 is 0 Å². The van der Waals surface area contributed by atoms with Crippen LogP contribution in [0.15, 0.2) is 18.2 Å². The van der Waals surface area contributed by atoms with E-state index in [9.17, 15) is 5.26 Å². The van der Waals surface area contributed by atoms with Crippen molar-refractivity contribution in [1.29, 1.82) is 5.26 Å². The number of nitriles is 1. The van der Waals surface area contributed by atoms with E-state index in [1.807, 2.05) is 17.8 Å². The topological polar surface area (TPSA) is 39.1 Å². The minimum absolute atomic E-state index is 0.459. The lowest BCUT2D eigenvalue weighted by molar-refractivity contribution is 0.589. The third-order valence-corrected chi connectivity index (χ3v) is 4.61. The largest absolute Gasteiger partial charge is 0.369 e. The van der Waals surface area contributed by atoms with Crippen LogP contribution in [0.4, 0.5) is 5.69 Å². The molecule has 108 valence electrons. The summed E-state index contributed by atoms with van der Waals surface area (Å²) in [5, 5.41) is 13.4. The third kappa shape index (κ3) is 3.91. The molecule has 4 heteroatoms. The summed E-state index contributed by atoms with van der Waals surface area (Å²) in [5.41, 5.74) is 3.07. The number of hydrogen-bond donors (Lipinski definition) is 1. The fourth-order valence-electron chi connectivity index (χ4n) is 2.42. The molecule has 3 nitrogen and oxygen atoms in total. The van der Waals surface area contributed by atoms with E-state index in [-0.39, 0.29) is 0 Å². The molecule has 1 N–H and O–H groups in total. The molecule has 0 amide bonds. The van der Waals surface area contributed by atoms with Crippen LogP contribution in [-0.4, -0.2) is 30.1 Å². The van der Waals surface area contributed by atoms with E-state index in [4.69, 9.17) is 0 Å². The Morgan fingerprint density at radius 3 is 2.95 bits per heavy atom. The number of rotatable bonds is 4. The Bertz CT molecular complexity index is 493. The minimum atomic E-state index is 0.459. The Hall–Kier alpha value is -1.18. The van der Waals surface area contributed by atoms with Crippen LogP contribution in [0.5, 0.6) is 0 Å². The van der Waals surface area contributed by atoms with E-state index >= 15 is 0 Å². The zero-order valence-electron chi connectivity index (χ0n) is 12.5.